The van der Waals surface area contributed by atoms with E-state index in [4.69, 9.17) is 11.6 Å². The quantitative estimate of drug-likeness (QED) is 0.663. The third-order valence-electron chi connectivity index (χ3n) is 6.34. The zero-order chi connectivity index (χ0) is 20.8. The number of aryl methyl sites for hydroxylation is 1. The molecule has 0 saturated carbocycles. The summed E-state index contributed by atoms with van der Waals surface area (Å²) in [5, 5.41) is 4.00. The second-order valence-electron chi connectivity index (χ2n) is 8.53. The fraction of sp³-hybridized carbons (Fsp3) is 0.480. The number of rotatable bonds is 7. The number of amides is 1. The standard InChI is InChI=1S/C25H32ClN3O/c26-23-12-3-1-9-21(23)18-28-15-5-11-22(19-28)25(30)27-14-7-17-29-16-6-10-20-8-2-4-13-24(20)29/h1-4,8-9,12-13,22H,5-7,10-11,14-19H2,(H,27,30). The maximum absolute atomic E-state index is 12.7. The summed E-state index contributed by atoms with van der Waals surface area (Å²) in [6, 6.07) is 16.7. The molecule has 0 spiro atoms. The number of nitrogens with one attached hydrogen (secondary N) is 1. The van der Waals surface area contributed by atoms with Crippen molar-refractivity contribution in [1.29, 1.82) is 0 Å². The Morgan fingerprint density at radius 3 is 2.80 bits per heavy atom. The molecule has 1 unspecified atom stereocenters. The molecule has 0 aliphatic carbocycles. The third-order valence-corrected chi connectivity index (χ3v) is 6.71. The number of hydrogen-bond acceptors (Lipinski definition) is 3. The molecule has 2 aliphatic heterocycles. The molecule has 4 rings (SSSR count). The van der Waals surface area contributed by atoms with Gasteiger partial charge in [-0.1, -0.05) is 48.0 Å². The molecule has 2 aromatic carbocycles. The molecule has 30 heavy (non-hydrogen) atoms. The molecule has 1 fully saturated rings. The summed E-state index contributed by atoms with van der Waals surface area (Å²) < 4.78 is 0. The Balaban J connectivity index is 1.21. The van der Waals surface area contributed by atoms with E-state index in [9.17, 15) is 4.79 Å². The number of hydrogen-bond donors (Lipinski definition) is 1. The Morgan fingerprint density at radius 2 is 1.90 bits per heavy atom. The van der Waals surface area contributed by atoms with E-state index in [1.54, 1.807) is 0 Å². The van der Waals surface area contributed by atoms with Crippen molar-refractivity contribution in [2.24, 2.45) is 5.92 Å². The summed E-state index contributed by atoms with van der Waals surface area (Å²) in [5.74, 6) is 0.287. The highest BCUT2D eigenvalue weighted by atomic mass is 35.5. The van der Waals surface area contributed by atoms with Crippen molar-refractivity contribution in [2.45, 2.75) is 38.6 Å². The van der Waals surface area contributed by atoms with Crippen LogP contribution in [0.2, 0.25) is 5.02 Å². The molecule has 1 amide bonds. The molecule has 2 aliphatic rings. The Kier molecular flexibility index (Phi) is 7.29. The molecule has 5 heteroatoms. The Labute approximate surface area is 185 Å². The van der Waals surface area contributed by atoms with Gasteiger partial charge in [0.2, 0.25) is 5.91 Å². The van der Waals surface area contributed by atoms with Crippen LogP contribution >= 0.6 is 11.6 Å². The summed E-state index contributed by atoms with van der Waals surface area (Å²) in [6.45, 7) is 5.53. The number of piperidine rings is 1. The molecule has 2 aromatic rings. The summed E-state index contributed by atoms with van der Waals surface area (Å²) in [5.41, 5.74) is 3.97. The Bertz CT molecular complexity index is 856. The van der Waals surface area contributed by atoms with E-state index in [1.807, 2.05) is 18.2 Å². The van der Waals surface area contributed by atoms with Crippen LogP contribution in [-0.2, 0) is 17.8 Å². The lowest BCUT2D eigenvalue weighted by molar-refractivity contribution is -0.126. The molecule has 1 saturated heterocycles. The van der Waals surface area contributed by atoms with Gasteiger partial charge in [-0.3, -0.25) is 9.69 Å². The highest BCUT2D eigenvalue weighted by molar-refractivity contribution is 6.31. The van der Waals surface area contributed by atoms with E-state index in [-0.39, 0.29) is 11.8 Å². The fourth-order valence-corrected chi connectivity index (χ4v) is 4.95. The van der Waals surface area contributed by atoms with Crippen LogP contribution in [0.3, 0.4) is 0 Å². The average molecular weight is 426 g/mol. The van der Waals surface area contributed by atoms with Crippen LogP contribution in [0.4, 0.5) is 5.69 Å². The number of para-hydroxylation sites is 1. The molecule has 0 aromatic heterocycles. The van der Waals surface area contributed by atoms with Gasteiger partial charge in [0.15, 0.2) is 0 Å². The monoisotopic (exact) mass is 425 g/mol. The van der Waals surface area contributed by atoms with Crippen molar-refractivity contribution in [2.75, 3.05) is 37.6 Å². The Morgan fingerprint density at radius 1 is 1.07 bits per heavy atom. The molecule has 0 radical (unpaired) electrons. The van der Waals surface area contributed by atoms with Gasteiger partial charge in [-0.05, 0) is 61.9 Å². The van der Waals surface area contributed by atoms with E-state index in [0.29, 0.717) is 0 Å². The molecule has 160 valence electrons. The minimum Gasteiger partial charge on any atom is -0.371 e. The van der Waals surface area contributed by atoms with E-state index in [2.05, 4.69) is 45.4 Å². The van der Waals surface area contributed by atoms with Gasteiger partial charge in [0.25, 0.3) is 0 Å². The molecular formula is C25H32ClN3O. The van der Waals surface area contributed by atoms with Gasteiger partial charge in [0.1, 0.15) is 0 Å². The van der Waals surface area contributed by atoms with Crippen LogP contribution < -0.4 is 10.2 Å². The lowest BCUT2D eigenvalue weighted by Crippen LogP contribution is -2.43. The van der Waals surface area contributed by atoms with Gasteiger partial charge in [0.05, 0.1) is 5.92 Å². The smallest absolute Gasteiger partial charge is 0.224 e. The van der Waals surface area contributed by atoms with Crippen molar-refractivity contribution in [3.05, 3.63) is 64.7 Å². The SMILES string of the molecule is O=C(NCCCN1CCCc2ccccc21)C1CCCN(Cc2ccccc2Cl)C1. The van der Waals surface area contributed by atoms with Crippen molar-refractivity contribution in [1.82, 2.24) is 10.2 Å². The minimum absolute atomic E-state index is 0.0805. The third kappa shape index (κ3) is 5.35. The molecule has 4 nitrogen and oxygen atoms in total. The van der Waals surface area contributed by atoms with Gasteiger partial charge in [-0.15, -0.1) is 0 Å². The second kappa shape index (κ2) is 10.3. The van der Waals surface area contributed by atoms with E-state index >= 15 is 0 Å². The molecule has 2 heterocycles. The molecule has 0 bridgehead atoms. The first-order chi connectivity index (χ1) is 14.7. The van der Waals surface area contributed by atoms with E-state index in [1.165, 1.54) is 24.1 Å². The van der Waals surface area contributed by atoms with Gasteiger partial charge in [-0.2, -0.15) is 0 Å². The van der Waals surface area contributed by atoms with Gasteiger partial charge in [-0.25, -0.2) is 0 Å². The number of carbonyl (C=O) groups is 1. The lowest BCUT2D eigenvalue weighted by atomic mass is 9.96. The van der Waals surface area contributed by atoms with Gasteiger partial charge >= 0.3 is 0 Å². The van der Waals surface area contributed by atoms with Crippen LogP contribution in [0.1, 0.15) is 36.8 Å². The molecule has 1 N–H and O–H groups in total. The number of halogens is 1. The number of anilines is 1. The summed E-state index contributed by atoms with van der Waals surface area (Å²) >= 11 is 6.31. The van der Waals surface area contributed by atoms with Crippen LogP contribution in [-0.4, -0.2) is 43.5 Å². The predicted octanol–water partition coefficient (Wildman–Crippen LogP) is 4.51. The summed E-state index contributed by atoms with van der Waals surface area (Å²) in [7, 11) is 0. The zero-order valence-corrected chi connectivity index (χ0v) is 18.4. The normalized spacial score (nSPS) is 19.4. The highest BCUT2D eigenvalue weighted by Gasteiger charge is 2.26. The minimum atomic E-state index is 0.0805. The van der Waals surface area contributed by atoms with E-state index in [0.717, 1.165) is 69.1 Å². The number of benzene rings is 2. The largest absolute Gasteiger partial charge is 0.371 e. The zero-order valence-electron chi connectivity index (χ0n) is 17.7. The van der Waals surface area contributed by atoms with Gasteiger partial charge in [0, 0.05) is 43.4 Å². The number of likely N-dealkylation sites (tertiary alicyclic amines) is 1. The maximum atomic E-state index is 12.7. The molecular weight excluding hydrogens is 394 g/mol. The van der Waals surface area contributed by atoms with Crippen LogP contribution in [0.5, 0.6) is 0 Å². The van der Waals surface area contributed by atoms with Crippen molar-refractivity contribution >= 4 is 23.2 Å². The first-order valence-electron chi connectivity index (χ1n) is 11.3. The fourth-order valence-electron chi connectivity index (χ4n) is 4.75. The van der Waals surface area contributed by atoms with Gasteiger partial charge < -0.3 is 10.2 Å². The predicted molar refractivity (Wildman–Crippen MR) is 124 cm³/mol. The van der Waals surface area contributed by atoms with Crippen molar-refractivity contribution < 1.29 is 4.79 Å². The average Bonchev–Trinajstić information content (AvgIpc) is 2.78. The van der Waals surface area contributed by atoms with Crippen molar-refractivity contribution in [3.63, 3.8) is 0 Å². The second-order valence-corrected chi connectivity index (χ2v) is 8.94. The summed E-state index contributed by atoms with van der Waals surface area (Å²) in [6.07, 6.45) is 5.41. The van der Waals surface area contributed by atoms with Crippen molar-refractivity contribution in [3.8, 4) is 0 Å². The lowest BCUT2D eigenvalue weighted by Gasteiger charge is -2.33. The van der Waals surface area contributed by atoms with E-state index < -0.39 is 0 Å². The topological polar surface area (TPSA) is 35.6 Å². The molecule has 1 atom stereocenters. The summed E-state index contributed by atoms with van der Waals surface area (Å²) in [4.78, 5) is 17.6. The number of carbonyl (C=O) groups excluding carboxylic acids is 1. The first kappa shape index (κ1) is 21.2. The maximum Gasteiger partial charge on any atom is 0.224 e. The van der Waals surface area contributed by atoms with Crippen LogP contribution in [0.25, 0.3) is 0 Å². The van der Waals surface area contributed by atoms with Crippen LogP contribution in [0.15, 0.2) is 48.5 Å². The number of fused-ring (bicyclic) bond motifs is 1. The highest BCUT2D eigenvalue weighted by Crippen LogP contribution is 2.26. The Hall–Kier alpha value is -2.04. The van der Waals surface area contributed by atoms with Crippen LogP contribution in [0, 0.1) is 5.92 Å². The first-order valence-corrected chi connectivity index (χ1v) is 11.6. The number of nitrogens with zero attached hydrogens (tertiary/aromatic N) is 2.